The van der Waals surface area contributed by atoms with E-state index in [-0.39, 0.29) is 19.0 Å². The second-order valence-corrected chi connectivity index (χ2v) is 3.12. The van der Waals surface area contributed by atoms with Gasteiger partial charge in [-0.2, -0.15) is 4.98 Å². The van der Waals surface area contributed by atoms with E-state index < -0.39 is 18.1 Å². The molecule has 0 amide bonds. The van der Waals surface area contributed by atoms with Crippen molar-refractivity contribution >= 4 is 5.82 Å². The Balaban J connectivity index is 2.20. The maximum absolute atomic E-state index is 10.8. The molecule has 7 heteroatoms. The number of aliphatic hydroxyl groups excluding tert-OH is 1. The Morgan fingerprint density at radius 3 is 3.13 bits per heavy atom. The minimum atomic E-state index is -0.638. The molecule has 15 heavy (non-hydrogen) atoms. The molecule has 4 N–H and O–H groups in total. The third-order valence-electron chi connectivity index (χ3n) is 2.11. The molecule has 2 atom stereocenters. The minimum Gasteiger partial charge on any atom is -0.391 e. The first-order chi connectivity index (χ1) is 7.20. The van der Waals surface area contributed by atoms with Gasteiger partial charge in [-0.05, 0) is 0 Å². The van der Waals surface area contributed by atoms with Crippen molar-refractivity contribution in [3.05, 3.63) is 22.2 Å². The van der Waals surface area contributed by atoms with Gasteiger partial charge in [0.15, 0.2) is 6.29 Å². The SMILES string of the molecule is Nc1nc(=O)[nH]cc1[C@H]1CO[C@H](CO)O1. The highest BCUT2D eigenvalue weighted by atomic mass is 16.7. The van der Waals surface area contributed by atoms with Gasteiger partial charge in [-0.15, -0.1) is 0 Å². The van der Waals surface area contributed by atoms with Crippen molar-refractivity contribution in [1.29, 1.82) is 0 Å². The highest BCUT2D eigenvalue weighted by molar-refractivity contribution is 5.38. The largest absolute Gasteiger partial charge is 0.391 e. The van der Waals surface area contributed by atoms with E-state index in [1.807, 2.05) is 0 Å². The Kier molecular flexibility index (Phi) is 2.67. The monoisotopic (exact) mass is 213 g/mol. The highest BCUT2D eigenvalue weighted by Gasteiger charge is 2.28. The first-order valence-electron chi connectivity index (χ1n) is 4.43. The molecule has 2 rings (SSSR count). The highest BCUT2D eigenvalue weighted by Crippen LogP contribution is 2.27. The predicted octanol–water partition coefficient (Wildman–Crippen LogP) is -1.24. The fraction of sp³-hybridized carbons (Fsp3) is 0.500. The molecule has 1 aromatic rings. The van der Waals surface area contributed by atoms with E-state index >= 15 is 0 Å². The maximum Gasteiger partial charge on any atom is 0.346 e. The number of nitrogen functional groups attached to an aromatic ring is 1. The van der Waals surface area contributed by atoms with Crippen molar-refractivity contribution in [2.75, 3.05) is 18.9 Å². The van der Waals surface area contributed by atoms with E-state index in [9.17, 15) is 4.79 Å². The Morgan fingerprint density at radius 1 is 1.73 bits per heavy atom. The zero-order chi connectivity index (χ0) is 10.8. The fourth-order valence-corrected chi connectivity index (χ4v) is 1.39. The summed E-state index contributed by atoms with van der Waals surface area (Å²) >= 11 is 0. The summed E-state index contributed by atoms with van der Waals surface area (Å²) in [4.78, 5) is 16.8. The van der Waals surface area contributed by atoms with Crippen LogP contribution < -0.4 is 11.4 Å². The molecular formula is C8H11N3O4. The van der Waals surface area contributed by atoms with Crippen LogP contribution in [-0.4, -0.2) is 34.6 Å². The number of aromatic amines is 1. The second-order valence-electron chi connectivity index (χ2n) is 3.12. The number of nitrogens with zero attached hydrogens (tertiary/aromatic N) is 1. The third kappa shape index (κ3) is 1.99. The van der Waals surface area contributed by atoms with Crippen molar-refractivity contribution in [2.45, 2.75) is 12.4 Å². The van der Waals surface area contributed by atoms with E-state index in [4.69, 9.17) is 20.3 Å². The number of H-pyrrole nitrogens is 1. The smallest absolute Gasteiger partial charge is 0.346 e. The van der Waals surface area contributed by atoms with Crippen molar-refractivity contribution in [3.8, 4) is 0 Å². The zero-order valence-electron chi connectivity index (χ0n) is 7.84. The first kappa shape index (κ1) is 10.1. The number of aliphatic hydroxyl groups is 1. The fourth-order valence-electron chi connectivity index (χ4n) is 1.39. The average Bonchev–Trinajstić information content (AvgIpc) is 2.66. The molecule has 1 saturated heterocycles. The van der Waals surface area contributed by atoms with E-state index in [0.717, 1.165) is 0 Å². The molecule has 0 saturated carbocycles. The standard InChI is InChI=1S/C8H11N3O4/c9-7-4(1-10-8(13)11-7)5-3-14-6(2-12)15-5/h1,5-6,12H,2-3H2,(H3,9,10,11,13)/t5-,6+/m1/s1. The first-order valence-corrected chi connectivity index (χ1v) is 4.43. The number of aromatic nitrogens is 2. The van der Waals surface area contributed by atoms with E-state index in [2.05, 4.69) is 9.97 Å². The summed E-state index contributed by atoms with van der Waals surface area (Å²) in [5, 5.41) is 8.79. The summed E-state index contributed by atoms with van der Waals surface area (Å²) < 4.78 is 10.4. The van der Waals surface area contributed by atoms with Gasteiger partial charge in [0.2, 0.25) is 0 Å². The van der Waals surface area contributed by atoms with Gasteiger partial charge in [-0.3, -0.25) is 0 Å². The molecule has 0 spiro atoms. The van der Waals surface area contributed by atoms with Crippen LogP contribution >= 0.6 is 0 Å². The molecule has 0 bridgehead atoms. The number of ether oxygens (including phenoxy) is 2. The van der Waals surface area contributed by atoms with Crippen LogP contribution in [0.25, 0.3) is 0 Å². The number of nitrogens with one attached hydrogen (secondary N) is 1. The van der Waals surface area contributed by atoms with Gasteiger partial charge in [-0.1, -0.05) is 0 Å². The van der Waals surface area contributed by atoms with Gasteiger partial charge >= 0.3 is 5.69 Å². The number of hydrogen-bond acceptors (Lipinski definition) is 6. The number of hydrogen-bond donors (Lipinski definition) is 3. The molecule has 0 aliphatic carbocycles. The van der Waals surface area contributed by atoms with Crippen LogP contribution in [0.1, 0.15) is 11.7 Å². The number of nitrogens with two attached hydrogens (primary N) is 1. The Hall–Kier alpha value is -1.44. The van der Waals surface area contributed by atoms with E-state index in [0.29, 0.717) is 5.56 Å². The predicted molar refractivity (Wildman–Crippen MR) is 49.9 cm³/mol. The van der Waals surface area contributed by atoms with Crippen LogP contribution in [0.2, 0.25) is 0 Å². The van der Waals surface area contributed by atoms with Gasteiger partial charge in [0.1, 0.15) is 11.9 Å². The zero-order valence-corrected chi connectivity index (χ0v) is 7.84. The molecule has 2 heterocycles. The molecular weight excluding hydrogens is 202 g/mol. The summed E-state index contributed by atoms with van der Waals surface area (Å²) in [6.07, 6.45) is 0.408. The lowest BCUT2D eigenvalue weighted by molar-refractivity contribution is -0.0881. The Bertz CT molecular complexity index is 405. The molecule has 7 nitrogen and oxygen atoms in total. The van der Waals surface area contributed by atoms with Crippen LogP contribution in [0.15, 0.2) is 11.0 Å². The molecule has 82 valence electrons. The quantitative estimate of drug-likeness (QED) is 0.566. The average molecular weight is 213 g/mol. The summed E-state index contributed by atoms with van der Waals surface area (Å²) in [5.41, 5.74) is 5.61. The maximum atomic E-state index is 10.8. The van der Waals surface area contributed by atoms with Gasteiger partial charge in [-0.25, -0.2) is 4.79 Å². The molecule has 1 aliphatic heterocycles. The summed E-state index contributed by atoms with van der Waals surface area (Å²) in [7, 11) is 0. The van der Waals surface area contributed by atoms with E-state index in [1.165, 1.54) is 6.20 Å². The van der Waals surface area contributed by atoms with E-state index in [1.54, 1.807) is 0 Å². The van der Waals surface area contributed by atoms with Crippen molar-refractivity contribution in [3.63, 3.8) is 0 Å². The molecule has 1 fully saturated rings. The van der Waals surface area contributed by atoms with Crippen LogP contribution in [0.4, 0.5) is 5.82 Å². The van der Waals surface area contributed by atoms with Gasteiger partial charge in [0.05, 0.1) is 13.2 Å². The topological polar surface area (TPSA) is 110 Å². The molecule has 1 aliphatic rings. The van der Waals surface area contributed by atoms with Crippen molar-refractivity contribution in [2.24, 2.45) is 0 Å². The van der Waals surface area contributed by atoms with Crippen LogP contribution in [0.3, 0.4) is 0 Å². The summed E-state index contributed by atoms with van der Waals surface area (Å²) in [6, 6.07) is 0. The summed E-state index contributed by atoms with van der Waals surface area (Å²) in [5.74, 6) is 0.117. The lowest BCUT2D eigenvalue weighted by Crippen LogP contribution is -2.17. The summed E-state index contributed by atoms with van der Waals surface area (Å²) in [6.45, 7) is 0.0658. The lowest BCUT2D eigenvalue weighted by atomic mass is 10.2. The van der Waals surface area contributed by atoms with Crippen molar-refractivity contribution in [1.82, 2.24) is 9.97 Å². The lowest BCUT2D eigenvalue weighted by Gasteiger charge is -2.10. The third-order valence-corrected chi connectivity index (χ3v) is 2.11. The number of anilines is 1. The van der Waals surface area contributed by atoms with Crippen LogP contribution in [0, 0.1) is 0 Å². The Labute approximate surface area is 84.8 Å². The van der Waals surface area contributed by atoms with Crippen LogP contribution in [0.5, 0.6) is 0 Å². The Morgan fingerprint density at radius 2 is 2.53 bits per heavy atom. The molecule has 0 radical (unpaired) electrons. The van der Waals surface area contributed by atoms with Crippen LogP contribution in [-0.2, 0) is 9.47 Å². The second kappa shape index (κ2) is 3.97. The molecule has 0 aromatic carbocycles. The van der Waals surface area contributed by atoms with Gasteiger partial charge in [0, 0.05) is 11.8 Å². The van der Waals surface area contributed by atoms with Crippen molar-refractivity contribution < 1.29 is 14.6 Å². The van der Waals surface area contributed by atoms with Gasteiger partial charge < -0.3 is 25.3 Å². The van der Waals surface area contributed by atoms with Gasteiger partial charge in [0.25, 0.3) is 0 Å². The number of rotatable bonds is 2. The minimum absolute atomic E-state index is 0.117. The normalized spacial score (nSPS) is 25.7. The molecule has 0 unspecified atom stereocenters. The molecule has 1 aromatic heterocycles.